The fraction of sp³-hybridized carbons (Fsp3) is 0.556. The number of benzene rings is 1. The molecule has 0 spiro atoms. The highest BCUT2D eigenvalue weighted by molar-refractivity contribution is 5.92. The Balaban J connectivity index is 2.38. The predicted molar refractivity (Wildman–Crippen MR) is 92.4 cm³/mol. The van der Waals surface area contributed by atoms with Crippen LogP contribution in [0.3, 0.4) is 0 Å². The van der Waals surface area contributed by atoms with Gasteiger partial charge in [0, 0.05) is 30.5 Å². The monoisotopic (exact) mass is 328 g/mol. The van der Waals surface area contributed by atoms with Crippen molar-refractivity contribution < 1.29 is 9.59 Å². The van der Waals surface area contributed by atoms with Gasteiger partial charge in [-0.25, -0.2) is 0 Å². The van der Waals surface area contributed by atoms with E-state index < -0.39 is 5.41 Å². The minimum absolute atomic E-state index is 0.0520. The molecule has 0 unspecified atom stereocenters. The van der Waals surface area contributed by atoms with E-state index in [2.05, 4.69) is 10.0 Å². The largest absolute Gasteiger partial charge is 0.342 e. The number of hydrogen-bond donors (Lipinski definition) is 0. The van der Waals surface area contributed by atoms with Gasteiger partial charge in [-0.15, -0.1) is 0 Å². The van der Waals surface area contributed by atoms with Gasteiger partial charge in [0.1, 0.15) is 6.29 Å². The lowest BCUT2D eigenvalue weighted by Gasteiger charge is -2.27. The first kappa shape index (κ1) is 18.0. The number of carbonyl (C=O) groups is 2. The van der Waals surface area contributed by atoms with Crippen molar-refractivity contribution in [2.45, 2.75) is 44.6 Å². The molecule has 1 aromatic carbocycles. The van der Waals surface area contributed by atoms with Crippen molar-refractivity contribution in [1.29, 1.82) is 0 Å². The molecule has 0 radical (unpaired) electrons. The molecule has 6 nitrogen and oxygen atoms in total. The van der Waals surface area contributed by atoms with Crippen LogP contribution in [0.4, 0.5) is 0 Å². The molecule has 0 aromatic heterocycles. The first-order valence-corrected chi connectivity index (χ1v) is 8.48. The van der Waals surface area contributed by atoms with E-state index in [0.29, 0.717) is 32.4 Å². The predicted octanol–water partition coefficient (Wildman–Crippen LogP) is 3.47. The van der Waals surface area contributed by atoms with E-state index in [9.17, 15) is 9.59 Å². The average Bonchev–Trinajstić information content (AvgIpc) is 3.37. The lowest BCUT2D eigenvalue weighted by molar-refractivity contribution is -0.134. The van der Waals surface area contributed by atoms with Gasteiger partial charge < -0.3 is 9.69 Å². The molecule has 3 atom stereocenters. The number of azide groups is 1. The van der Waals surface area contributed by atoms with Gasteiger partial charge in [0.25, 0.3) is 0 Å². The van der Waals surface area contributed by atoms with Crippen LogP contribution in [-0.2, 0) is 15.0 Å². The second-order valence-corrected chi connectivity index (χ2v) is 6.14. The third-order valence-electron chi connectivity index (χ3n) is 4.98. The molecule has 1 fully saturated rings. The number of amides is 1. The maximum atomic E-state index is 13.2. The quantitative estimate of drug-likeness (QED) is 0.301. The summed E-state index contributed by atoms with van der Waals surface area (Å²) in [5.41, 5.74) is 9.21. The van der Waals surface area contributed by atoms with Crippen molar-refractivity contribution >= 4 is 12.2 Å². The van der Waals surface area contributed by atoms with Gasteiger partial charge in [-0.05, 0) is 43.7 Å². The summed E-state index contributed by atoms with van der Waals surface area (Å²) in [4.78, 5) is 28.7. The molecule has 0 aliphatic heterocycles. The zero-order valence-electron chi connectivity index (χ0n) is 14.3. The highest BCUT2D eigenvalue weighted by atomic mass is 16.2. The molecule has 6 heteroatoms. The van der Waals surface area contributed by atoms with Gasteiger partial charge in [-0.2, -0.15) is 0 Å². The molecule has 0 bridgehead atoms. The van der Waals surface area contributed by atoms with Crippen molar-refractivity contribution in [3.63, 3.8) is 0 Å². The Kier molecular flexibility index (Phi) is 5.99. The van der Waals surface area contributed by atoms with E-state index in [1.54, 1.807) is 0 Å². The van der Waals surface area contributed by atoms with Crippen molar-refractivity contribution in [2.75, 3.05) is 13.1 Å². The highest BCUT2D eigenvalue weighted by Gasteiger charge is 2.63. The van der Waals surface area contributed by atoms with Gasteiger partial charge >= 0.3 is 0 Å². The molecule has 1 aromatic rings. The fourth-order valence-electron chi connectivity index (χ4n) is 3.63. The summed E-state index contributed by atoms with van der Waals surface area (Å²) in [5.74, 6) is 0.0387. The van der Waals surface area contributed by atoms with Crippen LogP contribution in [0, 0.1) is 5.92 Å². The van der Waals surface area contributed by atoms with Crippen LogP contribution < -0.4 is 0 Å². The second kappa shape index (κ2) is 7.97. The van der Waals surface area contributed by atoms with Crippen LogP contribution in [0.5, 0.6) is 0 Å². The molecule has 2 rings (SSSR count). The van der Waals surface area contributed by atoms with Gasteiger partial charge in [0.05, 0.1) is 5.41 Å². The maximum absolute atomic E-state index is 13.2. The van der Waals surface area contributed by atoms with Crippen LogP contribution in [0.2, 0.25) is 0 Å². The zero-order chi connectivity index (χ0) is 17.6. The van der Waals surface area contributed by atoms with E-state index >= 15 is 0 Å². The third kappa shape index (κ3) is 3.29. The maximum Gasteiger partial charge on any atom is 0.233 e. The van der Waals surface area contributed by atoms with Gasteiger partial charge in [0.15, 0.2) is 0 Å². The van der Waals surface area contributed by atoms with Crippen LogP contribution in [-0.4, -0.2) is 36.2 Å². The van der Waals surface area contributed by atoms with Gasteiger partial charge in [-0.1, -0.05) is 35.4 Å². The fourth-order valence-corrected chi connectivity index (χ4v) is 3.63. The summed E-state index contributed by atoms with van der Waals surface area (Å²) in [6.45, 7) is 5.23. The minimum Gasteiger partial charge on any atom is -0.342 e. The van der Waals surface area contributed by atoms with Gasteiger partial charge in [-0.3, -0.25) is 4.79 Å². The minimum atomic E-state index is -0.630. The van der Waals surface area contributed by atoms with Crippen molar-refractivity contribution in [3.05, 3.63) is 46.3 Å². The average molecular weight is 328 g/mol. The molecule has 24 heavy (non-hydrogen) atoms. The van der Waals surface area contributed by atoms with Crippen molar-refractivity contribution in [1.82, 2.24) is 4.90 Å². The van der Waals surface area contributed by atoms with E-state index in [1.807, 2.05) is 49.1 Å². The number of likely N-dealkylation sites (N-methyl/N-ethyl adjacent to an activating group) is 1. The summed E-state index contributed by atoms with van der Waals surface area (Å²) in [6.07, 6.45) is 2.32. The first-order valence-electron chi connectivity index (χ1n) is 8.48. The molecule has 0 saturated heterocycles. The van der Waals surface area contributed by atoms with E-state index in [-0.39, 0.29) is 17.9 Å². The summed E-state index contributed by atoms with van der Waals surface area (Å²) < 4.78 is 0. The van der Waals surface area contributed by atoms with Crippen LogP contribution in [0.15, 0.2) is 35.4 Å². The van der Waals surface area contributed by atoms with Crippen LogP contribution in [0.1, 0.15) is 38.7 Å². The number of nitrogens with zero attached hydrogens (tertiary/aromatic N) is 4. The number of carbonyl (C=O) groups excluding carboxylic acids is 2. The Morgan fingerprint density at radius 1 is 1.42 bits per heavy atom. The molecule has 1 aliphatic rings. The van der Waals surface area contributed by atoms with Crippen molar-refractivity contribution in [2.24, 2.45) is 11.0 Å². The van der Waals surface area contributed by atoms with Crippen LogP contribution >= 0.6 is 0 Å². The molecule has 1 amide bonds. The number of aldehydes is 1. The van der Waals surface area contributed by atoms with E-state index in [0.717, 1.165) is 11.8 Å². The summed E-state index contributed by atoms with van der Waals surface area (Å²) >= 11 is 0. The zero-order valence-corrected chi connectivity index (χ0v) is 14.3. The third-order valence-corrected chi connectivity index (χ3v) is 4.98. The summed E-state index contributed by atoms with van der Waals surface area (Å²) in [5, 5.41) is 3.89. The lowest BCUT2D eigenvalue weighted by Crippen LogP contribution is -2.41. The molecular formula is C18H24N4O2. The Bertz CT molecular complexity index is 623. The SMILES string of the molecule is CCN(CC)C(=O)[C@@]1(c2ccccc2)C[C@H]1[C@H](CCC=O)N=[N+]=[N-]. The lowest BCUT2D eigenvalue weighted by atomic mass is 9.88. The standard InChI is InChI=1S/C18H24N4O2/c1-3-22(4-2)17(24)18(14-9-6-5-7-10-14)13-15(18)16(20-21-19)11-8-12-23/h5-7,9-10,12,15-16H,3-4,8,11,13H2,1-2H3/t15-,16-,18+/m0/s1. The number of rotatable bonds is 9. The summed E-state index contributed by atoms with van der Waals surface area (Å²) in [6, 6.07) is 9.38. The Morgan fingerprint density at radius 2 is 2.08 bits per heavy atom. The second-order valence-electron chi connectivity index (χ2n) is 6.14. The Morgan fingerprint density at radius 3 is 2.62 bits per heavy atom. The smallest absolute Gasteiger partial charge is 0.233 e. The normalized spacial score (nSPS) is 23.0. The molecule has 1 saturated carbocycles. The Hall–Kier alpha value is -2.33. The molecule has 128 valence electrons. The Labute approximate surface area is 142 Å². The summed E-state index contributed by atoms with van der Waals surface area (Å²) in [7, 11) is 0. The highest BCUT2D eigenvalue weighted by Crippen LogP contribution is 2.58. The topological polar surface area (TPSA) is 86.1 Å². The number of hydrogen-bond acceptors (Lipinski definition) is 3. The molecule has 0 heterocycles. The molecule has 0 N–H and O–H groups in total. The van der Waals surface area contributed by atoms with Crippen LogP contribution in [0.25, 0.3) is 10.4 Å². The molecule has 1 aliphatic carbocycles. The van der Waals surface area contributed by atoms with Crippen molar-refractivity contribution in [3.8, 4) is 0 Å². The molecular weight excluding hydrogens is 304 g/mol. The first-order chi connectivity index (χ1) is 11.6. The van der Waals surface area contributed by atoms with E-state index in [1.165, 1.54) is 0 Å². The van der Waals surface area contributed by atoms with Gasteiger partial charge in [0.2, 0.25) is 5.91 Å². The van der Waals surface area contributed by atoms with E-state index in [4.69, 9.17) is 5.53 Å².